The normalized spacial score (nSPS) is 22.5. The van der Waals surface area contributed by atoms with Gasteiger partial charge in [0.25, 0.3) is 0 Å². The van der Waals surface area contributed by atoms with E-state index in [1.807, 2.05) is 20.9 Å². The number of hydrogen-bond donors (Lipinski definition) is 1. The molecule has 2 aliphatic heterocycles. The van der Waals surface area contributed by atoms with Gasteiger partial charge in [0.15, 0.2) is 5.96 Å². The van der Waals surface area contributed by atoms with E-state index in [1.54, 1.807) is 0 Å². The highest BCUT2D eigenvalue weighted by atomic mass is 127. The van der Waals surface area contributed by atoms with Gasteiger partial charge in [-0.3, -0.25) is 9.89 Å². The lowest BCUT2D eigenvalue weighted by Crippen LogP contribution is -2.46. The zero-order chi connectivity index (χ0) is 16.2. The Morgan fingerprint density at radius 1 is 1.29 bits per heavy atom. The van der Waals surface area contributed by atoms with Crippen LogP contribution in [-0.2, 0) is 11.3 Å². The Hall–Kier alpha value is -0.870. The molecule has 0 amide bonds. The van der Waals surface area contributed by atoms with Crippen molar-refractivity contribution in [2.45, 2.75) is 32.9 Å². The first kappa shape index (κ1) is 19.5. The molecule has 136 valence electrons. The Morgan fingerprint density at radius 2 is 2.04 bits per heavy atom. The maximum Gasteiger partial charge on any atom is 0.193 e. The number of aryl methyl sites for hydroxylation is 2. The van der Waals surface area contributed by atoms with Crippen LogP contribution in [0.25, 0.3) is 0 Å². The fourth-order valence-corrected chi connectivity index (χ4v) is 3.43. The first-order valence-electron chi connectivity index (χ1n) is 8.38. The molecule has 3 heterocycles. The van der Waals surface area contributed by atoms with Crippen LogP contribution >= 0.6 is 24.0 Å². The zero-order valence-corrected chi connectivity index (χ0v) is 17.1. The number of nitrogens with zero attached hydrogens (tertiary/aromatic N) is 4. The number of guanidine groups is 1. The molecule has 0 aromatic carbocycles. The van der Waals surface area contributed by atoms with Crippen molar-refractivity contribution in [2.24, 2.45) is 4.99 Å². The van der Waals surface area contributed by atoms with Gasteiger partial charge in [-0.15, -0.1) is 24.0 Å². The average molecular weight is 449 g/mol. The third-order valence-electron chi connectivity index (χ3n) is 4.84. The number of aliphatic imine (C=N–C) groups is 1. The molecule has 1 aromatic rings. The molecular weight excluding hydrogens is 421 g/mol. The molecule has 2 saturated heterocycles. The summed E-state index contributed by atoms with van der Waals surface area (Å²) < 4.78 is 10.7. The summed E-state index contributed by atoms with van der Waals surface area (Å²) in [5, 5.41) is 7.46. The second-order valence-corrected chi connectivity index (χ2v) is 6.24. The van der Waals surface area contributed by atoms with E-state index in [4.69, 9.17) is 9.26 Å². The van der Waals surface area contributed by atoms with Gasteiger partial charge in [-0.05, 0) is 20.3 Å². The highest BCUT2D eigenvalue weighted by molar-refractivity contribution is 14.0. The van der Waals surface area contributed by atoms with Gasteiger partial charge in [0.1, 0.15) is 5.76 Å². The van der Waals surface area contributed by atoms with Crippen LogP contribution in [0.4, 0.5) is 0 Å². The highest BCUT2D eigenvalue weighted by Crippen LogP contribution is 2.17. The SMILES string of the molecule is CN=C(NCc1c(C)noc1C)N1CCC(N2CCOCC2)C1.I. The fourth-order valence-electron chi connectivity index (χ4n) is 3.43. The molecule has 1 atom stereocenters. The van der Waals surface area contributed by atoms with Crippen molar-refractivity contribution in [1.29, 1.82) is 0 Å². The quantitative estimate of drug-likeness (QED) is 0.428. The van der Waals surface area contributed by atoms with Crippen molar-refractivity contribution in [3.05, 3.63) is 17.0 Å². The lowest BCUT2D eigenvalue weighted by atomic mass is 10.2. The van der Waals surface area contributed by atoms with E-state index >= 15 is 0 Å². The van der Waals surface area contributed by atoms with Gasteiger partial charge in [-0.2, -0.15) is 0 Å². The Balaban J connectivity index is 0.00000208. The summed E-state index contributed by atoms with van der Waals surface area (Å²) >= 11 is 0. The van der Waals surface area contributed by atoms with Crippen LogP contribution in [-0.4, -0.2) is 73.4 Å². The minimum absolute atomic E-state index is 0. The topological polar surface area (TPSA) is 66.1 Å². The Kier molecular flexibility index (Phi) is 7.30. The second kappa shape index (κ2) is 9.00. The zero-order valence-electron chi connectivity index (χ0n) is 14.7. The number of halogens is 1. The maximum atomic E-state index is 5.45. The monoisotopic (exact) mass is 449 g/mol. The number of rotatable bonds is 3. The van der Waals surface area contributed by atoms with Gasteiger partial charge in [-0.1, -0.05) is 5.16 Å². The van der Waals surface area contributed by atoms with E-state index in [-0.39, 0.29) is 24.0 Å². The standard InChI is InChI=1S/C16H27N5O2.HI/c1-12-15(13(2)23-19-12)10-18-16(17-3)21-5-4-14(11-21)20-6-8-22-9-7-20;/h14H,4-11H2,1-3H3,(H,17,18);1H. The molecule has 1 N–H and O–H groups in total. The fraction of sp³-hybridized carbons (Fsp3) is 0.750. The van der Waals surface area contributed by atoms with E-state index < -0.39 is 0 Å². The molecule has 0 aliphatic carbocycles. The molecule has 0 bridgehead atoms. The summed E-state index contributed by atoms with van der Waals surface area (Å²) in [4.78, 5) is 9.34. The van der Waals surface area contributed by atoms with Crippen LogP contribution in [0.15, 0.2) is 9.52 Å². The molecule has 1 aromatic heterocycles. The summed E-state index contributed by atoms with van der Waals surface area (Å²) in [5.74, 6) is 1.83. The third kappa shape index (κ3) is 4.40. The number of aromatic nitrogens is 1. The first-order valence-corrected chi connectivity index (χ1v) is 8.38. The number of hydrogen-bond acceptors (Lipinski definition) is 5. The molecule has 2 aliphatic rings. The average Bonchev–Trinajstić information content (AvgIpc) is 3.18. The minimum atomic E-state index is 0. The Labute approximate surface area is 160 Å². The Morgan fingerprint density at radius 3 is 2.67 bits per heavy atom. The van der Waals surface area contributed by atoms with Gasteiger partial charge in [0.05, 0.1) is 18.9 Å². The van der Waals surface area contributed by atoms with Gasteiger partial charge in [0.2, 0.25) is 0 Å². The van der Waals surface area contributed by atoms with Gasteiger partial charge >= 0.3 is 0 Å². The third-order valence-corrected chi connectivity index (χ3v) is 4.84. The van der Waals surface area contributed by atoms with E-state index in [0.717, 1.165) is 62.4 Å². The molecule has 0 saturated carbocycles. The van der Waals surface area contributed by atoms with E-state index in [2.05, 4.69) is 25.3 Å². The predicted octanol–water partition coefficient (Wildman–Crippen LogP) is 1.39. The van der Waals surface area contributed by atoms with Crippen LogP contribution < -0.4 is 5.32 Å². The number of ether oxygens (including phenoxy) is 1. The van der Waals surface area contributed by atoms with E-state index in [1.165, 1.54) is 6.42 Å². The molecule has 24 heavy (non-hydrogen) atoms. The lowest BCUT2D eigenvalue weighted by molar-refractivity contribution is 0.0195. The van der Waals surface area contributed by atoms with Gasteiger partial charge in [0, 0.05) is 51.4 Å². The number of nitrogens with one attached hydrogen (secondary N) is 1. The lowest BCUT2D eigenvalue weighted by Gasteiger charge is -2.32. The smallest absolute Gasteiger partial charge is 0.193 e. The molecule has 8 heteroatoms. The summed E-state index contributed by atoms with van der Waals surface area (Å²) in [6, 6.07) is 0.608. The number of morpholine rings is 1. The Bertz CT molecular complexity index is 537. The van der Waals surface area contributed by atoms with Crippen molar-refractivity contribution < 1.29 is 9.26 Å². The first-order chi connectivity index (χ1) is 11.2. The molecule has 3 rings (SSSR count). The van der Waals surface area contributed by atoms with Crippen LogP contribution in [0.2, 0.25) is 0 Å². The summed E-state index contributed by atoms with van der Waals surface area (Å²) in [6.07, 6.45) is 1.19. The molecular formula is C16H28IN5O2. The van der Waals surface area contributed by atoms with Crippen molar-refractivity contribution >= 4 is 29.9 Å². The van der Waals surface area contributed by atoms with Crippen LogP contribution in [0.5, 0.6) is 0 Å². The van der Waals surface area contributed by atoms with Gasteiger partial charge in [-0.25, -0.2) is 0 Å². The predicted molar refractivity (Wildman–Crippen MR) is 104 cm³/mol. The summed E-state index contributed by atoms with van der Waals surface area (Å²) in [7, 11) is 1.84. The van der Waals surface area contributed by atoms with E-state index in [0.29, 0.717) is 12.6 Å². The largest absolute Gasteiger partial charge is 0.379 e. The maximum absolute atomic E-state index is 5.45. The molecule has 0 spiro atoms. The van der Waals surface area contributed by atoms with Crippen LogP contribution in [0, 0.1) is 13.8 Å². The minimum Gasteiger partial charge on any atom is -0.379 e. The van der Waals surface area contributed by atoms with E-state index in [9.17, 15) is 0 Å². The highest BCUT2D eigenvalue weighted by Gasteiger charge is 2.30. The molecule has 7 nitrogen and oxygen atoms in total. The molecule has 1 unspecified atom stereocenters. The van der Waals surface area contributed by atoms with Gasteiger partial charge < -0.3 is 19.5 Å². The second-order valence-electron chi connectivity index (χ2n) is 6.24. The van der Waals surface area contributed by atoms with Crippen LogP contribution in [0.1, 0.15) is 23.4 Å². The summed E-state index contributed by atoms with van der Waals surface area (Å²) in [6.45, 7) is 10.5. The molecule has 0 radical (unpaired) electrons. The molecule has 2 fully saturated rings. The number of likely N-dealkylation sites (tertiary alicyclic amines) is 1. The van der Waals surface area contributed by atoms with Crippen molar-refractivity contribution in [3.8, 4) is 0 Å². The van der Waals surface area contributed by atoms with Crippen molar-refractivity contribution in [3.63, 3.8) is 0 Å². The van der Waals surface area contributed by atoms with Crippen molar-refractivity contribution in [1.82, 2.24) is 20.3 Å². The van der Waals surface area contributed by atoms with Crippen molar-refractivity contribution in [2.75, 3.05) is 46.4 Å². The summed E-state index contributed by atoms with van der Waals surface area (Å²) in [5.41, 5.74) is 2.06. The van der Waals surface area contributed by atoms with Crippen LogP contribution in [0.3, 0.4) is 0 Å².